The predicted octanol–water partition coefficient (Wildman–Crippen LogP) is 2.90. The summed E-state index contributed by atoms with van der Waals surface area (Å²) in [6.07, 6.45) is 1.45. The summed E-state index contributed by atoms with van der Waals surface area (Å²) >= 11 is 5.87. The number of carbonyl (C=O) groups excluding carboxylic acids is 3. The van der Waals surface area contributed by atoms with E-state index in [-0.39, 0.29) is 30.8 Å². The number of carbonyl (C=O) groups is 3. The minimum absolute atomic E-state index is 0.0450. The lowest BCUT2D eigenvalue weighted by Crippen LogP contribution is -2.47. The number of nitrogens with zero attached hydrogens (tertiary/aromatic N) is 1. The first kappa shape index (κ1) is 23.0. The molecule has 160 valence electrons. The summed E-state index contributed by atoms with van der Waals surface area (Å²) in [7, 11) is 0. The first-order valence-corrected chi connectivity index (χ1v) is 10.3. The Kier molecular flexibility index (Phi) is 8.32. The maximum atomic E-state index is 12.4. The van der Waals surface area contributed by atoms with Crippen molar-refractivity contribution in [1.82, 2.24) is 15.5 Å². The summed E-state index contributed by atoms with van der Waals surface area (Å²) in [6.45, 7) is 6.81. The Morgan fingerprint density at radius 3 is 2.34 bits per heavy atom. The molecule has 0 bridgehead atoms. The molecule has 0 aromatic heterocycles. The number of ether oxygens (including phenoxy) is 1. The highest BCUT2D eigenvalue weighted by Gasteiger charge is 2.24. The zero-order valence-corrected chi connectivity index (χ0v) is 18.1. The largest absolute Gasteiger partial charge is 0.444 e. The molecule has 1 fully saturated rings. The summed E-state index contributed by atoms with van der Waals surface area (Å²) in [5.41, 5.74) is 0.373. The third kappa shape index (κ3) is 8.73. The summed E-state index contributed by atoms with van der Waals surface area (Å²) in [5.74, 6) is -0.0364. The molecule has 1 aromatic carbocycles. The van der Waals surface area contributed by atoms with Gasteiger partial charge in [-0.3, -0.25) is 9.59 Å². The third-order valence-electron chi connectivity index (χ3n) is 4.50. The number of nitrogens with one attached hydrogen (secondary N) is 2. The molecule has 1 aromatic rings. The molecule has 0 spiro atoms. The normalized spacial score (nSPS) is 15.0. The van der Waals surface area contributed by atoms with E-state index < -0.39 is 11.7 Å². The van der Waals surface area contributed by atoms with Crippen molar-refractivity contribution in [3.05, 3.63) is 34.9 Å². The van der Waals surface area contributed by atoms with E-state index in [9.17, 15) is 14.4 Å². The van der Waals surface area contributed by atoms with Gasteiger partial charge in [0.2, 0.25) is 11.8 Å². The first-order chi connectivity index (χ1) is 13.6. The molecule has 0 radical (unpaired) electrons. The quantitative estimate of drug-likeness (QED) is 0.736. The SMILES string of the molecule is CC(C)(C)OC(=O)NCCC(=O)NC1CCN(C(=O)Cc2ccc(Cl)cc2)CC1. The van der Waals surface area contributed by atoms with Crippen molar-refractivity contribution in [2.45, 2.75) is 58.1 Å². The molecule has 1 aliphatic heterocycles. The highest BCUT2D eigenvalue weighted by molar-refractivity contribution is 6.30. The van der Waals surface area contributed by atoms with Crippen molar-refractivity contribution < 1.29 is 19.1 Å². The number of amides is 3. The molecule has 7 nitrogen and oxygen atoms in total. The van der Waals surface area contributed by atoms with E-state index in [1.807, 2.05) is 17.0 Å². The zero-order chi connectivity index (χ0) is 21.4. The van der Waals surface area contributed by atoms with Gasteiger partial charge in [-0.1, -0.05) is 23.7 Å². The molecule has 3 amide bonds. The van der Waals surface area contributed by atoms with Crippen molar-refractivity contribution >= 4 is 29.5 Å². The molecular formula is C21H30ClN3O4. The van der Waals surface area contributed by atoms with Gasteiger partial charge in [0.1, 0.15) is 5.60 Å². The number of alkyl carbamates (subject to hydrolysis) is 1. The minimum atomic E-state index is -0.564. The Bertz CT molecular complexity index is 708. The van der Waals surface area contributed by atoms with E-state index in [0.29, 0.717) is 24.5 Å². The lowest BCUT2D eigenvalue weighted by atomic mass is 10.0. The van der Waals surface area contributed by atoms with Gasteiger partial charge in [-0.2, -0.15) is 0 Å². The molecule has 29 heavy (non-hydrogen) atoms. The van der Waals surface area contributed by atoms with E-state index >= 15 is 0 Å². The van der Waals surface area contributed by atoms with Gasteiger partial charge in [0, 0.05) is 37.1 Å². The molecule has 0 aliphatic carbocycles. The van der Waals surface area contributed by atoms with Crippen LogP contribution in [0, 0.1) is 0 Å². The van der Waals surface area contributed by atoms with Crippen molar-refractivity contribution in [3.63, 3.8) is 0 Å². The second kappa shape index (κ2) is 10.5. The number of hydrogen-bond donors (Lipinski definition) is 2. The van der Waals surface area contributed by atoms with Crippen LogP contribution in [-0.4, -0.2) is 54.1 Å². The molecule has 1 aliphatic rings. The van der Waals surface area contributed by atoms with Crippen LogP contribution in [-0.2, 0) is 20.7 Å². The summed E-state index contributed by atoms with van der Waals surface area (Å²) in [5, 5.41) is 6.20. The Labute approximate surface area is 177 Å². The Morgan fingerprint density at radius 2 is 1.76 bits per heavy atom. The fourth-order valence-corrected chi connectivity index (χ4v) is 3.18. The Morgan fingerprint density at radius 1 is 1.14 bits per heavy atom. The molecule has 8 heteroatoms. The number of halogens is 1. The van der Waals surface area contributed by atoms with Crippen molar-refractivity contribution in [2.24, 2.45) is 0 Å². The van der Waals surface area contributed by atoms with E-state index in [1.54, 1.807) is 32.9 Å². The molecule has 1 saturated heterocycles. The zero-order valence-electron chi connectivity index (χ0n) is 17.3. The van der Waals surface area contributed by atoms with E-state index in [2.05, 4.69) is 10.6 Å². The minimum Gasteiger partial charge on any atom is -0.444 e. The number of hydrogen-bond acceptors (Lipinski definition) is 4. The fourth-order valence-electron chi connectivity index (χ4n) is 3.05. The number of likely N-dealkylation sites (tertiary alicyclic amines) is 1. The molecule has 0 unspecified atom stereocenters. The van der Waals surface area contributed by atoms with Crippen molar-refractivity contribution in [3.8, 4) is 0 Å². The van der Waals surface area contributed by atoms with Crippen LogP contribution in [0.2, 0.25) is 5.02 Å². The van der Waals surface area contributed by atoms with Crippen LogP contribution in [0.3, 0.4) is 0 Å². The fraction of sp³-hybridized carbons (Fsp3) is 0.571. The molecule has 2 N–H and O–H groups in total. The highest BCUT2D eigenvalue weighted by Crippen LogP contribution is 2.14. The number of benzene rings is 1. The van der Waals surface area contributed by atoms with Gasteiger partial charge in [-0.25, -0.2) is 4.79 Å². The standard InChI is InChI=1S/C21H30ClN3O4/c1-21(2,3)29-20(28)23-11-8-18(26)24-17-9-12-25(13-10-17)19(27)14-15-4-6-16(22)7-5-15/h4-7,17H,8-14H2,1-3H3,(H,23,28)(H,24,26). The topological polar surface area (TPSA) is 87.7 Å². The van der Waals surface area contributed by atoms with E-state index in [4.69, 9.17) is 16.3 Å². The number of piperidine rings is 1. The predicted molar refractivity (Wildman–Crippen MR) is 112 cm³/mol. The lowest BCUT2D eigenvalue weighted by molar-refractivity contribution is -0.131. The van der Waals surface area contributed by atoms with Crippen LogP contribution in [0.1, 0.15) is 45.6 Å². The van der Waals surface area contributed by atoms with Crippen molar-refractivity contribution in [1.29, 1.82) is 0 Å². The van der Waals surface area contributed by atoms with Gasteiger partial charge < -0.3 is 20.3 Å². The van der Waals surface area contributed by atoms with Crippen LogP contribution < -0.4 is 10.6 Å². The number of rotatable bonds is 6. The van der Waals surface area contributed by atoms with Crippen molar-refractivity contribution in [2.75, 3.05) is 19.6 Å². The monoisotopic (exact) mass is 423 g/mol. The van der Waals surface area contributed by atoms with Crippen LogP contribution in [0.25, 0.3) is 0 Å². The summed E-state index contributed by atoms with van der Waals surface area (Å²) in [6, 6.07) is 7.33. The van der Waals surface area contributed by atoms with Gasteiger partial charge in [0.15, 0.2) is 0 Å². The summed E-state index contributed by atoms with van der Waals surface area (Å²) in [4.78, 5) is 37.9. The average Bonchev–Trinajstić information content (AvgIpc) is 2.62. The molecular weight excluding hydrogens is 394 g/mol. The van der Waals surface area contributed by atoms with Crippen LogP contribution in [0.4, 0.5) is 4.79 Å². The lowest BCUT2D eigenvalue weighted by Gasteiger charge is -2.32. The first-order valence-electron chi connectivity index (χ1n) is 9.91. The molecule has 1 heterocycles. The second-order valence-electron chi connectivity index (χ2n) is 8.20. The smallest absolute Gasteiger partial charge is 0.407 e. The van der Waals surface area contributed by atoms with Gasteiger partial charge in [0.05, 0.1) is 6.42 Å². The summed E-state index contributed by atoms with van der Waals surface area (Å²) < 4.78 is 5.13. The Hall–Kier alpha value is -2.28. The van der Waals surface area contributed by atoms with Crippen LogP contribution in [0.15, 0.2) is 24.3 Å². The molecule has 2 rings (SSSR count). The maximum Gasteiger partial charge on any atom is 0.407 e. The molecule has 0 saturated carbocycles. The maximum absolute atomic E-state index is 12.4. The van der Waals surface area contributed by atoms with Crippen LogP contribution in [0.5, 0.6) is 0 Å². The average molecular weight is 424 g/mol. The van der Waals surface area contributed by atoms with Gasteiger partial charge >= 0.3 is 6.09 Å². The van der Waals surface area contributed by atoms with E-state index in [0.717, 1.165) is 18.4 Å². The van der Waals surface area contributed by atoms with Crippen LogP contribution >= 0.6 is 11.6 Å². The highest BCUT2D eigenvalue weighted by atomic mass is 35.5. The van der Waals surface area contributed by atoms with Gasteiger partial charge in [-0.05, 0) is 51.3 Å². The third-order valence-corrected chi connectivity index (χ3v) is 4.75. The van der Waals surface area contributed by atoms with Gasteiger partial charge in [-0.15, -0.1) is 0 Å². The molecule has 0 atom stereocenters. The van der Waals surface area contributed by atoms with E-state index in [1.165, 1.54) is 0 Å². The Balaban J connectivity index is 1.64. The van der Waals surface area contributed by atoms with Gasteiger partial charge in [0.25, 0.3) is 0 Å². The second-order valence-corrected chi connectivity index (χ2v) is 8.64.